The van der Waals surface area contributed by atoms with E-state index in [0.29, 0.717) is 13.0 Å². The molecular weight excluding hydrogens is 342 g/mol. The summed E-state index contributed by atoms with van der Waals surface area (Å²) >= 11 is 11.1. The molecule has 1 aliphatic heterocycles. The first-order chi connectivity index (χ1) is 7.06. The fourth-order valence-electron chi connectivity index (χ4n) is 1.63. The maximum Gasteiger partial charge on any atom is 0.228 e. The number of hydrogen-bond acceptors (Lipinski definition) is 2. The minimum atomic E-state index is 0.139. The number of amides is 1. The molecule has 1 atom stereocenters. The Bertz CT molecular complexity index is 390. The first-order valence-electron chi connectivity index (χ1n) is 4.51. The summed E-state index contributed by atoms with van der Waals surface area (Å²) in [6.45, 7) is 0.685. The first-order valence-corrected chi connectivity index (χ1v) is 6.61. The van der Waals surface area contributed by atoms with Crippen LogP contribution < -0.4 is 4.90 Å². The molecule has 1 unspecified atom stereocenters. The number of halogens is 2. The second-order valence-electron chi connectivity index (χ2n) is 3.49. The lowest BCUT2D eigenvalue weighted by Gasteiger charge is -2.16. The van der Waals surface area contributed by atoms with Gasteiger partial charge in [-0.3, -0.25) is 4.79 Å². The van der Waals surface area contributed by atoms with Gasteiger partial charge in [0, 0.05) is 32.8 Å². The van der Waals surface area contributed by atoms with Crippen LogP contribution in [0.15, 0.2) is 27.1 Å². The molecule has 1 aliphatic rings. The number of anilines is 1. The highest BCUT2D eigenvalue weighted by Gasteiger charge is 2.28. The lowest BCUT2D eigenvalue weighted by molar-refractivity contribution is -0.117. The maximum atomic E-state index is 11.7. The van der Waals surface area contributed by atoms with E-state index < -0.39 is 0 Å². The third-order valence-electron chi connectivity index (χ3n) is 2.26. The minimum absolute atomic E-state index is 0.139. The van der Waals surface area contributed by atoms with Gasteiger partial charge in [0.25, 0.3) is 0 Å². The van der Waals surface area contributed by atoms with E-state index in [1.165, 1.54) is 0 Å². The lowest BCUT2D eigenvalue weighted by atomic mass is 10.3. The van der Waals surface area contributed by atoms with Gasteiger partial charge in [0.1, 0.15) is 0 Å². The van der Waals surface area contributed by atoms with Gasteiger partial charge in [0.05, 0.1) is 0 Å². The van der Waals surface area contributed by atoms with Crippen molar-refractivity contribution in [1.29, 1.82) is 0 Å². The Balaban J connectivity index is 2.33. The number of hydrogen-bond donors (Lipinski definition) is 1. The zero-order valence-corrected chi connectivity index (χ0v) is 11.8. The van der Waals surface area contributed by atoms with Crippen molar-refractivity contribution in [3.8, 4) is 0 Å². The number of benzene rings is 1. The van der Waals surface area contributed by atoms with Crippen LogP contribution in [0, 0.1) is 0 Å². The van der Waals surface area contributed by atoms with E-state index in [-0.39, 0.29) is 11.2 Å². The number of rotatable bonds is 1. The van der Waals surface area contributed by atoms with Crippen molar-refractivity contribution in [2.45, 2.75) is 11.7 Å². The van der Waals surface area contributed by atoms with Crippen LogP contribution >= 0.6 is 44.5 Å². The number of thiol groups is 1. The summed E-state index contributed by atoms with van der Waals surface area (Å²) in [5, 5.41) is 0.148. The standard InChI is InChI=1S/C10H9Br2NOS/c11-6-1-7(12)3-8(2-6)13-5-9(15)4-10(13)14/h1-3,9,15H,4-5H2. The van der Waals surface area contributed by atoms with Crippen LogP contribution in [-0.4, -0.2) is 17.7 Å². The average molecular weight is 351 g/mol. The summed E-state index contributed by atoms with van der Waals surface area (Å²) in [5.41, 5.74) is 0.915. The summed E-state index contributed by atoms with van der Waals surface area (Å²) < 4.78 is 1.92. The average Bonchev–Trinajstić information content (AvgIpc) is 2.43. The van der Waals surface area contributed by atoms with E-state index in [1.54, 1.807) is 4.90 Å². The van der Waals surface area contributed by atoms with Crippen LogP contribution in [0.25, 0.3) is 0 Å². The summed E-state index contributed by atoms with van der Waals surface area (Å²) in [5.74, 6) is 0.139. The highest BCUT2D eigenvalue weighted by atomic mass is 79.9. The molecule has 80 valence electrons. The van der Waals surface area contributed by atoms with Gasteiger partial charge in [-0.2, -0.15) is 12.6 Å². The Labute approximate surface area is 111 Å². The maximum absolute atomic E-state index is 11.7. The Morgan fingerprint density at radius 2 is 1.87 bits per heavy atom. The van der Waals surface area contributed by atoms with E-state index in [1.807, 2.05) is 18.2 Å². The minimum Gasteiger partial charge on any atom is -0.311 e. The van der Waals surface area contributed by atoms with Crippen molar-refractivity contribution in [3.05, 3.63) is 27.1 Å². The van der Waals surface area contributed by atoms with Crippen LogP contribution in [0.5, 0.6) is 0 Å². The van der Waals surface area contributed by atoms with Crippen molar-refractivity contribution < 1.29 is 4.79 Å². The van der Waals surface area contributed by atoms with Gasteiger partial charge >= 0.3 is 0 Å². The number of carbonyl (C=O) groups excluding carboxylic acids is 1. The molecule has 1 aromatic carbocycles. The van der Waals surface area contributed by atoms with E-state index in [2.05, 4.69) is 44.5 Å². The topological polar surface area (TPSA) is 20.3 Å². The van der Waals surface area contributed by atoms with Gasteiger partial charge in [-0.25, -0.2) is 0 Å². The third kappa shape index (κ3) is 2.57. The molecule has 0 N–H and O–H groups in total. The van der Waals surface area contributed by atoms with Crippen molar-refractivity contribution in [2.75, 3.05) is 11.4 Å². The summed E-state index contributed by atoms with van der Waals surface area (Å²) in [4.78, 5) is 13.4. The van der Waals surface area contributed by atoms with Gasteiger partial charge in [-0.15, -0.1) is 0 Å². The van der Waals surface area contributed by atoms with Crippen LogP contribution in [-0.2, 0) is 4.79 Å². The molecular formula is C10H9Br2NOS. The Morgan fingerprint density at radius 1 is 1.27 bits per heavy atom. The summed E-state index contributed by atoms with van der Waals surface area (Å²) in [7, 11) is 0. The highest BCUT2D eigenvalue weighted by molar-refractivity contribution is 9.11. The second kappa shape index (κ2) is 4.47. The predicted octanol–water partition coefficient (Wildman–Crippen LogP) is 3.25. The Kier molecular flexibility index (Phi) is 3.42. The number of nitrogens with zero attached hydrogens (tertiary/aromatic N) is 1. The van der Waals surface area contributed by atoms with Crippen molar-refractivity contribution in [3.63, 3.8) is 0 Å². The van der Waals surface area contributed by atoms with Gasteiger partial charge in [0.2, 0.25) is 5.91 Å². The summed E-state index contributed by atoms with van der Waals surface area (Å²) in [6, 6.07) is 5.82. The van der Waals surface area contributed by atoms with Gasteiger partial charge in [-0.1, -0.05) is 31.9 Å². The molecule has 0 spiro atoms. The molecule has 0 radical (unpaired) electrons. The lowest BCUT2D eigenvalue weighted by Crippen LogP contribution is -2.24. The van der Waals surface area contributed by atoms with Gasteiger partial charge < -0.3 is 4.90 Å². The van der Waals surface area contributed by atoms with E-state index >= 15 is 0 Å². The Morgan fingerprint density at radius 3 is 2.33 bits per heavy atom. The smallest absolute Gasteiger partial charge is 0.228 e. The molecule has 2 rings (SSSR count). The molecule has 5 heteroatoms. The molecule has 15 heavy (non-hydrogen) atoms. The van der Waals surface area contributed by atoms with Gasteiger partial charge in [0.15, 0.2) is 0 Å². The zero-order chi connectivity index (χ0) is 11.0. The quantitative estimate of drug-likeness (QED) is 0.771. The molecule has 2 nitrogen and oxygen atoms in total. The third-order valence-corrected chi connectivity index (χ3v) is 3.53. The van der Waals surface area contributed by atoms with Crippen molar-refractivity contribution in [1.82, 2.24) is 0 Å². The molecule has 1 amide bonds. The molecule has 0 saturated carbocycles. The predicted molar refractivity (Wildman–Crippen MR) is 71.6 cm³/mol. The number of carbonyl (C=O) groups is 1. The van der Waals surface area contributed by atoms with Crippen LogP contribution in [0.3, 0.4) is 0 Å². The summed E-state index contributed by atoms with van der Waals surface area (Å²) in [6.07, 6.45) is 0.521. The molecule has 1 saturated heterocycles. The molecule has 0 bridgehead atoms. The van der Waals surface area contributed by atoms with Crippen molar-refractivity contribution >= 4 is 56.1 Å². The van der Waals surface area contributed by atoms with Crippen LogP contribution in [0.2, 0.25) is 0 Å². The fourth-order valence-corrected chi connectivity index (χ4v) is 3.22. The van der Waals surface area contributed by atoms with Crippen LogP contribution in [0.4, 0.5) is 5.69 Å². The van der Waals surface area contributed by atoms with E-state index in [9.17, 15) is 4.79 Å². The largest absolute Gasteiger partial charge is 0.311 e. The first kappa shape index (κ1) is 11.5. The van der Waals surface area contributed by atoms with E-state index in [0.717, 1.165) is 14.6 Å². The zero-order valence-electron chi connectivity index (χ0n) is 7.78. The normalized spacial score (nSPS) is 21.1. The SMILES string of the molecule is O=C1CC(S)CN1c1cc(Br)cc(Br)c1. The Hall–Kier alpha value is -0.000000000000000111. The molecule has 1 fully saturated rings. The highest BCUT2D eigenvalue weighted by Crippen LogP contribution is 2.29. The van der Waals surface area contributed by atoms with Crippen LogP contribution in [0.1, 0.15) is 6.42 Å². The molecule has 0 aromatic heterocycles. The molecule has 1 aromatic rings. The van der Waals surface area contributed by atoms with Crippen molar-refractivity contribution in [2.24, 2.45) is 0 Å². The van der Waals surface area contributed by atoms with Gasteiger partial charge in [-0.05, 0) is 18.2 Å². The monoisotopic (exact) mass is 349 g/mol. The second-order valence-corrected chi connectivity index (χ2v) is 6.05. The van der Waals surface area contributed by atoms with E-state index in [4.69, 9.17) is 0 Å². The molecule has 1 heterocycles. The molecule has 0 aliphatic carbocycles. The fraction of sp³-hybridized carbons (Fsp3) is 0.300.